The van der Waals surface area contributed by atoms with Crippen LogP contribution in [0.15, 0.2) is 134 Å². The molecule has 4 aromatic carbocycles. The molecule has 0 saturated carbocycles. The summed E-state index contributed by atoms with van der Waals surface area (Å²) < 4.78 is 21.3. The third-order valence-corrected chi connectivity index (χ3v) is 15.0. The van der Waals surface area contributed by atoms with Crippen molar-refractivity contribution in [1.82, 2.24) is 19.5 Å². The summed E-state index contributed by atoms with van der Waals surface area (Å²) in [7, 11) is -2.86. The van der Waals surface area contributed by atoms with E-state index in [2.05, 4.69) is 65.3 Å². The molecule has 1 fully saturated rings. The number of fused-ring (bicyclic) bond motifs is 1. The second kappa shape index (κ2) is 15.8. The average molecular weight is 742 g/mol. The third kappa shape index (κ3) is 7.33. The van der Waals surface area contributed by atoms with Crippen molar-refractivity contribution in [2.24, 2.45) is 5.92 Å². The molecule has 1 aliphatic rings. The number of hydrogen-bond donors (Lipinski definition) is 2. The monoisotopic (exact) mass is 741 g/mol. The molecule has 3 heterocycles. The van der Waals surface area contributed by atoms with Crippen molar-refractivity contribution in [3.05, 3.63) is 145 Å². The Morgan fingerprint density at radius 1 is 0.815 bits per heavy atom. The summed E-state index contributed by atoms with van der Waals surface area (Å²) >= 11 is 0. The molecule has 0 unspecified atom stereocenters. The Morgan fingerprint density at radius 3 is 1.98 bits per heavy atom. The van der Waals surface area contributed by atoms with Gasteiger partial charge in [0, 0.05) is 12.2 Å². The van der Waals surface area contributed by atoms with Crippen LogP contribution in [0.1, 0.15) is 54.1 Å². The van der Waals surface area contributed by atoms with Gasteiger partial charge in [-0.25, -0.2) is 19.7 Å². The zero-order valence-corrected chi connectivity index (χ0v) is 31.4. The van der Waals surface area contributed by atoms with E-state index in [1.54, 1.807) is 53.1 Å². The predicted octanol–water partition coefficient (Wildman–Crippen LogP) is 5.78. The number of esters is 1. The van der Waals surface area contributed by atoms with Crippen molar-refractivity contribution in [2.45, 2.75) is 50.7 Å². The molecule has 6 aromatic rings. The fourth-order valence-corrected chi connectivity index (χ4v) is 11.9. The van der Waals surface area contributed by atoms with Gasteiger partial charge in [0.15, 0.2) is 23.2 Å². The molecule has 12 heteroatoms. The first-order valence-electron chi connectivity index (χ1n) is 18.0. The van der Waals surface area contributed by atoms with Crippen LogP contribution in [-0.2, 0) is 13.9 Å². The quantitative estimate of drug-likeness (QED) is 0.118. The molecule has 2 N–H and O–H groups in total. The summed E-state index contributed by atoms with van der Waals surface area (Å²) in [6.07, 6.45) is 0.646. The van der Waals surface area contributed by atoms with Crippen molar-refractivity contribution >= 4 is 47.5 Å². The number of nitrogens with one attached hydrogen (secondary N) is 1. The van der Waals surface area contributed by atoms with E-state index in [1.807, 2.05) is 48.5 Å². The van der Waals surface area contributed by atoms with Gasteiger partial charge in [0.2, 0.25) is 0 Å². The van der Waals surface area contributed by atoms with Crippen LogP contribution in [0.25, 0.3) is 11.2 Å². The van der Waals surface area contributed by atoms with Crippen molar-refractivity contribution in [2.75, 3.05) is 18.5 Å². The number of nitrogens with zero attached hydrogens (tertiary/aromatic N) is 4. The van der Waals surface area contributed by atoms with Crippen LogP contribution in [0, 0.1) is 5.92 Å². The van der Waals surface area contributed by atoms with Crippen LogP contribution in [0.3, 0.4) is 0 Å². The van der Waals surface area contributed by atoms with Gasteiger partial charge in [0.25, 0.3) is 14.2 Å². The van der Waals surface area contributed by atoms with Gasteiger partial charge < -0.3 is 24.3 Å². The van der Waals surface area contributed by atoms with Crippen molar-refractivity contribution < 1.29 is 28.6 Å². The first kappa shape index (κ1) is 36.8. The van der Waals surface area contributed by atoms with Gasteiger partial charge in [0.1, 0.15) is 12.4 Å². The Morgan fingerprint density at radius 2 is 1.39 bits per heavy atom. The first-order chi connectivity index (χ1) is 26.2. The number of aliphatic hydroxyl groups excluding tert-OH is 1. The van der Waals surface area contributed by atoms with Crippen LogP contribution in [0.5, 0.6) is 0 Å². The van der Waals surface area contributed by atoms with E-state index in [4.69, 9.17) is 13.9 Å². The van der Waals surface area contributed by atoms with Crippen molar-refractivity contribution in [3.8, 4) is 0 Å². The van der Waals surface area contributed by atoms with Crippen molar-refractivity contribution in [1.29, 1.82) is 0 Å². The van der Waals surface area contributed by atoms with Crippen LogP contribution >= 0.6 is 0 Å². The van der Waals surface area contributed by atoms with Crippen LogP contribution in [-0.4, -0.2) is 70.2 Å². The summed E-state index contributed by atoms with van der Waals surface area (Å²) in [6, 6.07) is 38.3. The molecule has 1 aliphatic heterocycles. The van der Waals surface area contributed by atoms with Gasteiger partial charge in [-0.15, -0.1) is 0 Å². The van der Waals surface area contributed by atoms with Gasteiger partial charge in [-0.1, -0.05) is 118 Å². The summed E-state index contributed by atoms with van der Waals surface area (Å²) in [6.45, 7) is 6.90. The Hall–Kier alpha value is -5.53. The normalized spacial score (nSPS) is 18.7. The highest BCUT2D eigenvalue weighted by Gasteiger charge is 2.51. The van der Waals surface area contributed by atoms with Crippen LogP contribution in [0.4, 0.5) is 5.82 Å². The largest absolute Gasteiger partial charge is 0.462 e. The third-order valence-electron chi connectivity index (χ3n) is 9.98. The molecule has 7 rings (SSSR count). The summed E-state index contributed by atoms with van der Waals surface area (Å²) in [5, 5.41) is 16.8. The number of carbonyl (C=O) groups is 2. The van der Waals surface area contributed by atoms with Gasteiger partial charge in [-0.05, 0) is 46.1 Å². The second-order valence-electron chi connectivity index (χ2n) is 14.4. The van der Waals surface area contributed by atoms with Gasteiger partial charge in [-0.2, -0.15) is 0 Å². The topological polar surface area (TPSA) is 138 Å². The minimum Gasteiger partial charge on any atom is -0.462 e. The molecular weight excluding hydrogens is 699 g/mol. The lowest BCUT2D eigenvalue weighted by Crippen LogP contribution is -2.66. The molecule has 0 aliphatic carbocycles. The standard InChI is InChI=1S/C42H43N5O6Si/c1-42(2,3)54(31-20-12-6-13-21-31,32-22-14-7-15-23-32)52-25-24-34-33(26-51-41(50)30-18-10-5-11-19-30)36(48)40(53-34)47-28-45-35-37(43-27-44-38(35)47)46-39(49)29-16-8-4-9-17-29/h4-23,27-28,33-34,36,40,48H,24-26H2,1-3H3,(H,43,44,46,49)/t33-,34-,36-,40-/m1/s1. The Kier molecular flexibility index (Phi) is 10.8. The number of rotatable bonds is 12. The summed E-state index contributed by atoms with van der Waals surface area (Å²) in [4.78, 5) is 39.3. The smallest absolute Gasteiger partial charge is 0.338 e. The molecule has 0 bridgehead atoms. The first-order valence-corrected chi connectivity index (χ1v) is 19.9. The summed E-state index contributed by atoms with van der Waals surface area (Å²) in [5.41, 5.74) is 1.58. The highest BCUT2D eigenvalue weighted by molar-refractivity contribution is 6.99. The minimum absolute atomic E-state index is 0.0880. The molecule has 11 nitrogen and oxygen atoms in total. The number of ether oxygens (including phenoxy) is 2. The molecule has 276 valence electrons. The second-order valence-corrected chi connectivity index (χ2v) is 18.7. The Bertz CT molecular complexity index is 2140. The maximum Gasteiger partial charge on any atom is 0.338 e. The number of benzene rings is 4. The van der Waals surface area contributed by atoms with Crippen molar-refractivity contribution in [3.63, 3.8) is 0 Å². The maximum absolute atomic E-state index is 13.1. The number of carbonyl (C=O) groups excluding carboxylic acids is 2. The molecule has 1 saturated heterocycles. The summed E-state index contributed by atoms with van der Waals surface area (Å²) in [5.74, 6) is -1.22. The number of aromatic nitrogens is 4. The lowest BCUT2D eigenvalue weighted by atomic mass is 9.97. The van der Waals surface area contributed by atoms with E-state index in [9.17, 15) is 14.7 Å². The molecule has 4 atom stereocenters. The molecule has 2 aromatic heterocycles. The zero-order valence-electron chi connectivity index (χ0n) is 30.4. The number of anilines is 1. The van der Waals surface area contributed by atoms with Gasteiger partial charge >= 0.3 is 5.97 Å². The Labute approximate surface area is 315 Å². The lowest BCUT2D eigenvalue weighted by Gasteiger charge is -2.43. The van der Waals surface area contributed by atoms with E-state index in [-0.39, 0.29) is 23.4 Å². The minimum atomic E-state index is -2.86. The zero-order chi connectivity index (χ0) is 37.7. The highest BCUT2D eigenvalue weighted by atomic mass is 28.4. The predicted molar refractivity (Wildman–Crippen MR) is 208 cm³/mol. The van der Waals surface area contributed by atoms with E-state index < -0.39 is 38.6 Å². The van der Waals surface area contributed by atoms with E-state index in [1.165, 1.54) is 12.7 Å². The molecule has 0 radical (unpaired) electrons. The molecule has 1 amide bonds. The number of imidazole rings is 1. The van der Waals surface area contributed by atoms with E-state index in [0.717, 1.165) is 10.4 Å². The lowest BCUT2D eigenvalue weighted by molar-refractivity contribution is -0.0397. The molecule has 0 spiro atoms. The van der Waals surface area contributed by atoms with Gasteiger partial charge in [0.05, 0.1) is 30.5 Å². The van der Waals surface area contributed by atoms with Crippen LogP contribution < -0.4 is 15.7 Å². The van der Waals surface area contributed by atoms with E-state index in [0.29, 0.717) is 35.3 Å². The van der Waals surface area contributed by atoms with Gasteiger partial charge in [-0.3, -0.25) is 9.36 Å². The van der Waals surface area contributed by atoms with Crippen LogP contribution in [0.2, 0.25) is 5.04 Å². The molecule has 54 heavy (non-hydrogen) atoms. The average Bonchev–Trinajstić information content (AvgIpc) is 3.77. The maximum atomic E-state index is 13.1. The number of amides is 1. The number of aliphatic hydroxyl groups is 1. The SMILES string of the molecule is CC(C)(C)[Si](OCC[C@H]1O[C@@H](n2cnc3c(NC(=O)c4ccccc4)ncnc32)[C@H](O)[C@@H]1COC(=O)c1ccccc1)(c1ccccc1)c1ccccc1. The number of hydrogen-bond acceptors (Lipinski definition) is 9. The fraction of sp³-hybridized carbons (Fsp3) is 0.262. The highest BCUT2D eigenvalue weighted by Crippen LogP contribution is 2.40. The Balaban J connectivity index is 1.17. The van der Waals surface area contributed by atoms with E-state index >= 15 is 0 Å². The molecular formula is C42H43N5O6Si. The fourth-order valence-electron chi connectivity index (χ4n) is 7.33.